The van der Waals surface area contributed by atoms with Crippen LogP contribution < -0.4 is 20.7 Å². The van der Waals surface area contributed by atoms with Crippen molar-refractivity contribution in [1.82, 2.24) is 15.6 Å². The number of anilines is 1. The zero-order valence-corrected chi connectivity index (χ0v) is 21.4. The van der Waals surface area contributed by atoms with E-state index in [1.165, 1.54) is 31.9 Å². The lowest BCUT2D eigenvalue weighted by molar-refractivity contribution is -0.126. The number of halogens is 1. The third kappa shape index (κ3) is 12.3. The van der Waals surface area contributed by atoms with E-state index < -0.39 is 6.10 Å². The number of nitrogens with one attached hydrogen (secondary N) is 3. The molecule has 194 valence electrons. The molecule has 8 nitrogen and oxygen atoms in total. The molecule has 3 rings (SSSR count). The Hall–Kier alpha value is -3.04. The molecule has 2 aromatic rings. The highest BCUT2D eigenvalue weighted by Crippen LogP contribution is 2.20. The van der Waals surface area contributed by atoms with Crippen LogP contribution in [0.25, 0.3) is 0 Å². The SMILES string of the molecule is CCC.CNCCCNC(=O)c1cc(NC(=O)C2CCC(C)O2)ccn1.COc1cccc(F)c1. The second-order valence-corrected chi connectivity index (χ2v) is 8.01. The highest BCUT2D eigenvalue weighted by atomic mass is 19.1. The number of amides is 2. The van der Waals surface area contributed by atoms with Gasteiger partial charge in [0.2, 0.25) is 0 Å². The van der Waals surface area contributed by atoms with Gasteiger partial charge in [-0.1, -0.05) is 26.3 Å². The molecule has 0 aliphatic carbocycles. The molecule has 2 amide bonds. The summed E-state index contributed by atoms with van der Waals surface area (Å²) in [5.41, 5.74) is 0.835. The molecule has 1 fully saturated rings. The standard InChI is InChI=1S/C16H24N4O3.C7H7FO.C3H8/c1-11-4-5-14(23-11)16(22)20-12-6-9-18-13(10-12)15(21)19-8-3-7-17-2;1-9-7-4-2-3-6(8)5-7;1-3-2/h6,9-11,14,17H,3-5,7-8H2,1-2H3,(H,19,21)(H,18,20,22);2-5H,1H3;3H2,1-2H3. The van der Waals surface area contributed by atoms with Gasteiger partial charge in [-0.2, -0.15) is 0 Å². The van der Waals surface area contributed by atoms with E-state index in [1.807, 2.05) is 14.0 Å². The predicted octanol–water partition coefficient (Wildman–Crippen LogP) is 4.18. The Bertz CT molecular complexity index is 897. The molecule has 2 unspecified atom stereocenters. The first-order chi connectivity index (χ1) is 16.8. The van der Waals surface area contributed by atoms with Gasteiger partial charge in [0.25, 0.3) is 11.8 Å². The fourth-order valence-corrected chi connectivity index (χ4v) is 3.00. The van der Waals surface area contributed by atoms with Crippen LogP contribution in [-0.4, -0.2) is 56.3 Å². The highest BCUT2D eigenvalue weighted by Gasteiger charge is 2.28. The van der Waals surface area contributed by atoms with Crippen LogP contribution in [0.15, 0.2) is 42.6 Å². The molecule has 0 bridgehead atoms. The Morgan fingerprint density at radius 2 is 1.91 bits per heavy atom. The summed E-state index contributed by atoms with van der Waals surface area (Å²) in [4.78, 5) is 28.2. The van der Waals surface area contributed by atoms with Gasteiger partial charge in [-0.3, -0.25) is 14.6 Å². The van der Waals surface area contributed by atoms with Crippen LogP contribution in [0.3, 0.4) is 0 Å². The first kappa shape index (κ1) is 30.0. The van der Waals surface area contributed by atoms with Crippen molar-refractivity contribution in [3.8, 4) is 5.75 Å². The summed E-state index contributed by atoms with van der Waals surface area (Å²) in [7, 11) is 3.37. The molecule has 1 aromatic heterocycles. The second kappa shape index (κ2) is 17.4. The lowest BCUT2D eigenvalue weighted by Crippen LogP contribution is -2.29. The zero-order valence-electron chi connectivity index (χ0n) is 21.4. The van der Waals surface area contributed by atoms with Crippen molar-refractivity contribution >= 4 is 17.5 Å². The molecular formula is C26H39FN4O4. The molecule has 35 heavy (non-hydrogen) atoms. The number of rotatable bonds is 8. The van der Waals surface area contributed by atoms with Gasteiger partial charge < -0.3 is 25.4 Å². The fraction of sp³-hybridized carbons (Fsp3) is 0.500. The molecule has 0 spiro atoms. The Balaban J connectivity index is 0.000000422. The Morgan fingerprint density at radius 3 is 2.49 bits per heavy atom. The molecule has 1 aliphatic rings. The van der Waals surface area contributed by atoms with Gasteiger partial charge in [0.05, 0.1) is 13.2 Å². The quantitative estimate of drug-likeness (QED) is 0.480. The number of methoxy groups -OCH3 is 1. The van der Waals surface area contributed by atoms with Crippen LogP contribution in [0.5, 0.6) is 5.75 Å². The van der Waals surface area contributed by atoms with E-state index in [4.69, 9.17) is 9.47 Å². The topological polar surface area (TPSA) is 102 Å². The van der Waals surface area contributed by atoms with Gasteiger partial charge in [-0.15, -0.1) is 0 Å². The molecular weight excluding hydrogens is 451 g/mol. The first-order valence-corrected chi connectivity index (χ1v) is 12.0. The largest absolute Gasteiger partial charge is 0.497 e. The van der Waals surface area contributed by atoms with E-state index in [2.05, 4.69) is 34.8 Å². The first-order valence-electron chi connectivity index (χ1n) is 12.0. The summed E-state index contributed by atoms with van der Waals surface area (Å²) in [6, 6.07) is 9.25. The molecule has 1 aromatic carbocycles. The van der Waals surface area contributed by atoms with Crippen molar-refractivity contribution in [3.05, 3.63) is 54.1 Å². The maximum atomic E-state index is 12.3. The zero-order chi connectivity index (χ0) is 26.1. The summed E-state index contributed by atoms with van der Waals surface area (Å²) >= 11 is 0. The van der Waals surface area contributed by atoms with E-state index in [1.54, 1.807) is 24.3 Å². The molecule has 3 N–H and O–H groups in total. The Labute approximate surface area is 208 Å². The minimum Gasteiger partial charge on any atom is -0.497 e. The van der Waals surface area contributed by atoms with Crippen LogP contribution in [-0.2, 0) is 9.53 Å². The van der Waals surface area contributed by atoms with Gasteiger partial charge in [0.1, 0.15) is 23.4 Å². The summed E-state index contributed by atoms with van der Waals surface area (Å²) in [5, 5.41) is 8.59. The number of nitrogens with zero attached hydrogens (tertiary/aromatic N) is 1. The van der Waals surface area contributed by atoms with Crippen molar-refractivity contribution in [2.45, 2.75) is 58.7 Å². The number of benzene rings is 1. The number of hydrogen-bond donors (Lipinski definition) is 3. The molecule has 2 atom stereocenters. The van der Waals surface area contributed by atoms with Gasteiger partial charge in [-0.25, -0.2) is 4.39 Å². The van der Waals surface area contributed by atoms with Crippen LogP contribution in [0, 0.1) is 5.82 Å². The maximum absolute atomic E-state index is 12.3. The summed E-state index contributed by atoms with van der Waals surface area (Å²) in [6.45, 7) is 7.62. The average Bonchev–Trinajstić information content (AvgIpc) is 3.29. The van der Waals surface area contributed by atoms with Crippen LogP contribution in [0.2, 0.25) is 0 Å². The molecule has 2 heterocycles. The number of aromatic nitrogens is 1. The van der Waals surface area contributed by atoms with E-state index in [0.29, 0.717) is 18.0 Å². The molecule has 0 saturated carbocycles. The van der Waals surface area contributed by atoms with Crippen LogP contribution in [0.4, 0.5) is 10.1 Å². The molecule has 1 saturated heterocycles. The van der Waals surface area contributed by atoms with E-state index in [9.17, 15) is 14.0 Å². The van der Waals surface area contributed by atoms with Crippen molar-refractivity contribution in [2.75, 3.05) is 32.6 Å². The van der Waals surface area contributed by atoms with E-state index >= 15 is 0 Å². The third-order valence-corrected chi connectivity index (χ3v) is 4.71. The third-order valence-electron chi connectivity index (χ3n) is 4.71. The number of hydrogen-bond acceptors (Lipinski definition) is 6. The van der Waals surface area contributed by atoms with E-state index in [-0.39, 0.29) is 29.4 Å². The summed E-state index contributed by atoms with van der Waals surface area (Å²) in [5.74, 6) is -0.145. The van der Waals surface area contributed by atoms with Gasteiger partial charge in [0, 0.05) is 24.5 Å². The van der Waals surface area contributed by atoms with Crippen LogP contribution >= 0.6 is 0 Å². The van der Waals surface area contributed by atoms with Crippen molar-refractivity contribution < 1.29 is 23.5 Å². The van der Waals surface area contributed by atoms with Gasteiger partial charge in [-0.05, 0) is 64.0 Å². The molecule has 1 aliphatic heterocycles. The lowest BCUT2D eigenvalue weighted by atomic mass is 10.2. The number of carbonyl (C=O) groups is 2. The number of pyridine rings is 1. The Morgan fingerprint density at radius 1 is 1.17 bits per heavy atom. The fourth-order valence-electron chi connectivity index (χ4n) is 3.00. The van der Waals surface area contributed by atoms with Crippen molar-refractivity contribution in [3.63, 3.8) is 0 Å². The van der Waals surface area contributed by atoms with Gasteiger partial charge >= 0.3 is 0 Å². The monoisotopic (exact) mass is 490 g/mol. The minimum atomic E-state index is -0.419. The minimum absolute atomic E-state index is 0.113. The second-order valence-electron chi connectivity index (χ2n) is 8.01. The number of carbonyl (C=O) groups excluding carboxylic acids is 2. The molecule has 0 radical (unpaired) electrons. The average molecular weight is 491 g/mol. The molecule has 9 heteroatoms. The van der Waals surface area contributed by atoms with Crippen molar-refractivity contribution in [1.29, 1.82) is 0 Å². The van der Waals surface area contributed by atoms with E-state index in [0.717, 1.165) is 25.8 Å². The summed E-state index contributed by atoms with van der Waals surface area (Å²) in [6.07, 6.45) is 4.90. The van der Waals surface area contributed by atoms with Crippen LogP contribution in [0.1, 0.15) is 56.9 Å². The Kier molecular flexibility index (Phi) is 14.9. The number of ether oxygens (including phenoxy) is 2. The smallest absolute Gasteiger partial charge is 0.269 e. The highest BCUT2D eigenvalue weighted by molar-refractivity contribution is 5.97. The predicted molar refractivity (Wildman–Crippen MR) is 136 cm³/mol. The lowest BCUT2D eigenvalue weighted by Gasteiger charge is -2.12. The van der Waals surface area contributed by atoms with Gasteiger partial charge in [0.15, 0.2) is 0 Å². The maximum Gasteiger partial charge on any atom is 0.269 e. The van der Waals surface area contributed by atoms with Crippen molar-refractivity contribution in [2.24, 2.45) is 0 Å². The normalized spacial score (nSPS) is 16.2. The summed E-state index contributed by atoms with van der Waals surface area (Å²) < 4.78 is 22.6.